The highest BCUT2D eigenvalue weighted by Crippen LogP contribution is 2.13. The highest BCUT2D eigenvalue weighted by atomic mass is 79.9. The first-order valence-electron chi connectivity index (χ1n) is 5.62. The maximum atomic E-state index is 11.9. The standard InChI is InChI=1S/C13H13BrN2O3/c1-8(5-6-15)11(13(18)19)16-12(17)9-3-2-4-10(14)7-9/h2-4,7-8,11H,5H2,1H3,(H,16,17)(H,18,19)/t8-,11+/m1/s1. The van der Waals surface area contributed by atoms with Gasteiger partial charge in [0, 0.05) is 22.4 Å². The van der Waals surface area contributed by atoms with Crippen LogP contribution in [-0.4, -0.2) is 23.0 Å². The van der Waals surface area contributed by atoms with Crippen LogP contribution in [0.5, 0.6) is 0 Å². The van der Waals surface area contributed by atoms with Crippen molar-refractivity contribution in [3.63, 3.8) is 0 Å². The van der Waals surface area contributed by atoms with Gasteiger partial charge in [0.25, 0.3) is 5.91 Å². The molecule has 6 heteroatoms. The number of hydrogen-bond donors (Lipinski definition) is 2. The summed E-state index contributed by atoms with van der Waals surface area (Å²) in [4.78, 5) is 23.1. The molecule has 0 aliphatic carbocycles. The van der Waals surface area contributed by atoms with Gasteiger partial charge in [0.15, 0.2) is 0 Å². The Morgan fingerprint density at radius 2 is 2.21 bits per heavy atom. The van der Waals surface area contributed by atoms with Crippen molar-refractivity contribution in [3.8, 4) is 6.07 Å². The third-order valence-electron chi connectivity index (χ3n) is 2.62. The minimum atomic E-state index is -1.15. The highest BCUT2D eigenvalue weighted by molar-refractivity contribution is 9.10. The Hall–Kier alpha value is -1.87. The third-order valence-corrected chi connectivity index (χ3v) is 3.12. The Morgan fingerprint density at radius 3 is 2.74 bits per heavy atom. The van der Waals surface area contributed by atoms with Crippen LogP contribution in [0, 0.1) is 17.2 Å². The molecular formula is C13H13BrN2O3. The van der Waals surface area contributed by atoms with Gasteiger partial charge in [0.05, 0.1) is 6.07 Å². The first-order chi connectivity index (χ1) is 8.95. The molecule has 1 rings (SSSR count). The van der Waals surface area contributed by atoms with Crippen LogP contribution in [0.3, 0.4) is 0 Å². The summed E-state index contributed by atoms with van der Waals surface area (Å²) in [6.07, 6.45) is 0.0652. The molecule has 0 unspecified atom stereocenters. The number of rotatable bonds is 5. The van der Waals surface area contributed by atoms with Crippen molar-refractivity contribution in [3.05, 3.63) is 34.3 Å². The van der Waals surface area contributed by atoms with Gasteiger partial charge in [-0.05, 0) is 18.2 Å². The molecule has 0 radical (unpaired) electrons. The number of nitrogens with zero attached hydrogens (tertiary/aromatic N) is 1. The average molecular weight is 325 g/mol. The fourth-order valence-corrected chi connectivity index (χ4v) is 1.96. The highest BCUT2D eigenvalue weighted by Gasteiger charge is 2.26. The number of carboxylic acid groups (broad SMARTS) is 1. The van der Waals surface area contributed by atoms with Gasteiger partial charge < -0.3 is 10.4 Å². The van der Waals surface area contributed by atoms with E-state index in [9.17, 15) is 9.59 Å². The molecule has 2 atom stereocenters. The minimum Gasteiger partial charge on any atom is -0.480 e. The number of aliphatic carboxylic acids is 1. The quantitative estimate of drug-likeness (QED) is 0.868. The lowest BCUT2D eigenvalue weighted by molar-refractivity contribution is -0.140. The summed E-state index contributed by atoms with van der Waals surface area (Å²) in [6.45, 7) is 1.61. The Kier molecular flexibility index (Phi) is 5.52. The van der Waals surface area contributed by atoms with Gasteiger partial charge in [-0.25, -0.2) is 4.79 Å². The normalized spacial score (nSPS) is 13.1. The number of nitrogens with one attached hydrogen (secondary N) is 1. The largest absolute Gasteiger partial charge is 0.480 e. The van der Waals surface area contributed by atoms with Crippen LogP contribution >= 0.6 is 15.9 Å². The number of amides is 1. The molecule has 2 N–H and O–H groups in total. The van der Waals surface area contributed by atoms with Gasteiger partial charge in [-0.1, -0.05) is 28.9 Å². The molecule has 100 valence electrons. The summed E-state index contributed by atoms with van der Waals surface area (Å²) in [5.41, 5.74) is 0.366. The molecule has 0 aliphatic rings. The molecule has 0 fully saturated rings. The van der Waals surface area contributed by atoms with Crippen LogP contribution in [0.15, 0.2) is 28.7 Å². The van der Waals surface area contributed by atoms with Crippen LogP contribution in [0.2, 0.25) is 0 Å². The van der Waals surface area contributed by atoms with Crippen molar-refractivity contribution in [2.45, 2.75) is 19.4 Å². The van der Waals surface area contributed by atoms with E-state index in [0.717, 1.165) is 4.47 Å². The lowest BCUT2D eigenvalue weighted by Gasteiger charge is -2.19. The van der Waals surface area contributed by atoms with Crippen molar-refractivity contribution in [2.75, 3.05) is 0 Å². The Labute approximate surface area is 119 Å². The second-order valence-electron chi connectivity index (χ2n) is 4.14. The number of carbonyl (C=O) groups is 2. The van der Waals surface area contributed by atoms with E-state index in [0.29, 0.717) is 5.56 Å². The molecule has 1 amide bonds. The van der Waals surface area contributed by atoms with Gasteiger partial charge in [0.1, 0.15) is 6.04 Å². The lowest BCUT2D eigenvalue weighted by Crippen LogP contribution is -2.45. The van der Waals surface area contributed by atoms with Gasteiger partial charge >= 0.3 is 5.97 Å². The fourth-order valence-electron chi connectivity index (χ4n) is 1.56. The van der Waals surface area contributed by atoms with Crippen molar-refractivity contribution in [1.29, 1.82) is 5.26 Å². The smallest absolute Gasteiger partial charge is 0.326 e. The minimum absolute atomic E-state index is 0.0652. The lowest BCUT2D eigenvalue weighted by atomic mass is 9.98. The molecule has 1 aromatic rings. The number of carboxylic acids is 1. The van der Waals surface area contributed by atoms with Crippen LogP contribution in [0.1, 0.15) is 23.7 Å². The van der Waals surface area contributed by atoms with E-state index in [-0.39, 0.29) is 6.42 Å². The van der Waals surface area contributed by atoms with Gasteiger partial charge in [-0.3, -0.25) is 4.79 Å². The number of hydrogen-bond acceptors (Lipinski definition) is 3. The molecule has 0 bridgehead atoms. The Morgan fingerprint density at radius 1 is 1.53 bits per heavy atom. The molecule has 19 heavy (non-hydrogen) atoms. The molecule has 1 aromatic carbocycles. The van der Waals surface area contributed by atoms with Crippen LogP contribution in [-0.2, 0) is 4.79 Å². The zero-order valence-electron chi connectivity index (χ0n) is 10.3. The monoisotopic (exact) mass is 324 g/mol. The topological polar surface area (TPSA) is 90.2 Å². The van der Waals surface area contributed by atoms with Gasteiger partial charge in [0.2, 0.25) is 0 Å². The molecule has 5 nitrogen and oxygen atoms in total. The molecule has 0 aromatic heterocycles. The second kappa shape index (κ2) is 6.90. The van der Waals surface area contributed by atoms with Gasteiger partial charge in [-0.15, -0.1) is 0 Å². The number of carbonyl (C=O) groups excluding carboxylic acids is 1. The van der Waals surface area contributed by atoms with Crippen molar-refractivity contribution in [1.82, 2.24) is 5.32 Å². The predicted octanol–water partition coefficient (Wildman–Crippen LogP) is 2.18. The summed E-state index contributed by atoms with van der Waals surface area (Å²) >= 11 is 3.24. The first kappa shape index (κ1) is 15.2. The van der Waals surface area contributed by atoms with Crippen LogP contribution < -0.4 is 5.32 Å². The van der Waals surface area contributed by atoms with E-state index >= 15 is 0 Å². The number of nitriles is 1. The first-order valence-corrected chi connectivity index (χ1v) is 6.41. The van der Waals surface area contributed by atoms with E-state index in [1.54, 1.807) is 31.2 Å². The van der Waals surface area contributed by atoms with Crippen molar-refractivity contribution in [2.24, 2.45) is 5.92 Å². The zero-order chi connectivity index (χ0) is 14.4. The number of benzene rings is 1. The maximum absolute atomic E-state index is 11.9. The summed E-state index contributed by atoms with van der Waals surface area (Å²) in [7, 11) is 0. The summed E-state index contributed by atoms with van der Waals surface area (Å²) < 4.78 is 0.733. The van der Waals surface area contributed by atoms with E-state index in [1.165, 1.54) is 0 Å². The fraction of sp³-hybridized carbons (Fsp3) is 0.308. The average Bonchev–Trinajstić information content (AvgIpc) is 2.35. The van der Waals surface area contributed by atoms with E-state index in [2.05, 4.69) is 21.2 Å². The summed E-state index contributed by atoms with van der Waals surface area (Å²) in [6, 6.07) is 7.47. The van der Waals surface area contributed by atoms with E-state index in [1.807, 2.05) is 6.07 Å². The second-order valence-corrected chi connectivity index (χ2v) is 5.05. The van der Waals surface area contributed by atoms with Crippen molar-refractivity contribution < 1.29 is 14.7 Å². The summed E-state index contributed by atoms with van der Waals surface area (Å²) in [5.74, 6) is -2.08. The molecule has 0 aliphatic heterocycles. The third kappa shape index (κ3) is 4.38. The molecule has 0 saturated heterocycles. The number of halogens is 1. The van der Waals surface area contributed by atoms with Crippen molar-refractivity contribution >= 4 is 27.8 Å². The molecule has 0 spiro atoms. The maximum Gasteiger partial charge on any atom is 0.326 e. The Bertz CT molecular complexity index is 525. The molecule has 0 saturated carbocycles. The SMILES string of the molecule is C[C@H](CC#N)[C@H](NC(=O)c1cccc(Br)c1)C(=O)O. The zero-order valence-corrected chi connectivity index (χ0v) is 11.8. The van der Waals surface area contributed by atoms with Crippen LogP contribution in [0.4, 0.5) is 0 Å². The van der Waals surface area contributed by atoms with Gasteiger partial charge in [-0.2, -0.15) is 5.26 Å². The van der Waals surface area contributed by atoms with Crippen LogP contribution in [0.25, 0.3) is 0 Å². The predicted molar refractivity (Wildman–Crippen MR) is 72.4 cm³/mol. The Balaban J connectivity index is 2.83. The van der Waals surface area contributed by atoms with E-state index < -0.39 is 23.8 Å². The van der Waals surface area contributed by atoms with E-state index in [4.69, 9.17) is 10.4 Å². The molecular weight excluding hydrogens is 312 g/mol. The summed E-state index contributed by atoms with van der Waals surface area (Å²) in [5, 5.41) is 20.1. The molecule has 0 heterocycles.